The number of rotatable bonds is 6. The van der Waals surface area contributed by atoms with Crippen LogP contribution in [0.5, 0.6) is 0 Å². The molecular formula is C20H27NO4. The average Bonchev–Trinajstić information content (AvgIpc) is 3.20. The van der Waals surface area contributed by atoms with Gasteiger partial charge in [0.1, 0.15) is 0 Å². The first-order valence-electron chi connectivity index (χ1n) is 9.10. The molecule has 5 heteroatoms. The summed E-state index contributed by atoms with van der Waals surface area (Å²) in [4.78, 5) is 12.0. The number of carbonyl (C=O) groups is 1. The van der Waals surface area contributed by atoms with Gasteiger partial charge in [-0.1, -0.05) is 37.1 Å². The molecule has 1 heterocycles. The molecule has 2 aliphatic rings. The van der Waals surface area contributed by atoms with Gasteiger partial charge in [-0.05, 0) is 41.9 Å². The molecule has 0 spiro atoms. The van der Waals surface area contributed by atoms with Crippen LogP contribution in [0.3, 0.4) is 0 Å². The Morgan fingerprint density at radius 3 is 2.56 bits per heavy atom. The van der Waals surface area contributed by atoms with Gasteiger partial charge >= 0.3 is 0 Å². The van der Waals surface area contributed by atoms with Gasteiger partial charge in [0, 0.05) is 13.5 Å². The first-order chi connectivity index (χ1) is 12.2. The average molecular weight is 345 g/mol. The highest BCUT2D eigenvalue weighted by molar-refractivity contribution is 5.91. The molecule has 1 aliphatic carbocycles. The van der Waals surface area contributed by atoms with Crippen molar-refractivity contribution in [2.24, 2.45) is 11.8 Å². The normalized spacial score (nSPS) is 23.8. The maximum absolute atomic E-state index is 12.0. The lowest BCUT2D eigenvalue weighted by molar-refractivity contribution is -0.155. The lowest BCUT2D eigenvalue weighted by Gasteiger charge is -2.31. The Bertz CT molecular complexity index is 605. The summed E-state index contributed by atoms with van der Waals surface area (Å²) in [7, 11) is 1.62. The summed E-state index contributed by atoms with van der Waals surface area (Å²) in [6.07, 6.45) is 7.36. The van der Waals surface area contributed by atoms with E-state index in [-0.39, 0.29) is 12.5 Å². The first-order valence-corrected chi connectivity index (χ1v) is 9.10. The topological polar surface area (TPSA) is 67.8 Å². The Morgan fingerprint density at radius 1 is 1.24 bits per heavy atom. The molecular weight excluding hydrogens is 318 g/mol. The maximum atomic E-state index is 12.0. The Kier molecular flexibility index (Phi) is 6.10. The summed E-state index contributed by atoms with van der Waals surface area (Å²) in [6.45, 7) is 0.463. The molecule has 136 valence electrons. The number of amides is 1. The molecule has 0 unspecified atom stereocenters. The number of carbonyl (C=O) groups excluding carboxylic acids is 1. The van der Waals surface area contributed by atoms with Crippen LogP contribution in [0.4, 0.5) is 0 Å². The van der Waals surface area contributed by atoms with Gasteiger partial charge in [-0.15, -0.1) is 0 Å². The Hall–Kier alpha value is -1.85. The zero-order valence-electron chi connectivity index (χ0n) is 14.7. The molecule has 1 aliphatic heterocycles. The summed E-state index contributed by atoms with van der Waals surface area (Å²) >= 11 is 0. The van der Waals surface area contributed by atoms with Gasteiger partial charge in [0.05, 0.1) is 13.2 Å². The molecule has 2 atom stereocenters. The van der Waals surface area contributed by atoms with E-state index in [9.17, 15) is 4.79 Å². The Balaban J connectivity index is 1.63. The van der Waals surface area contributed by atoms with Crippen molar-refractivity contribution in [1.29, 1.82) is 0 Å². The van der Waals surface area contributed by atoms with Gasteiger partial charge in [-0.25, -0.2) is 0 Å². The van der Waals surface area contributed by atoms with Gasteiger partial charge in [-0.3, -0.25) is 4.79 Å². The number of likely N-dealkylation sites (N-methyl/N-ethyl adjacent to an activating group) is 1. The molecule has 1 amide bonds. The maximum Gasteiger partial charge on any atom is 0.285 e. The molecule has 0 aromatic heterocycles. The van der Waals surface area contributed by atoms with Gasteiger partial charge in [0.2, 0.25) is 6.29 Å². The number of hydrogen-bond donors (Lipinski definition) is 2. The fourth-order valence-corrected chi connectivity index (χ4v) is 3.71. The van der Waals surface area contributed by atoms with E-state index in [0.717, 1.165) is 17.5 Å². The zero-order chi connectivity index (χ0) is 17.6. The number of hydrogen-bond acceptors (Lipinski definition) is 4. The molecule has 1 aromatic carbocycles. The minimum atomic E-state index is -0.402. The van der Waals surface area contributed by atoms with Crippen molar-refractivity contribution < 1.29 is 19.4 Å². The number of ether oxygens (including phenoxy) is 2. The first kappa shape index (κ1) is 18.0. The molecule has 1 saturated carbocycles. The van der Waals surface area contributed by atoms with Crippen LogP contribution in [0.2, 0.25) is 0 Å². The SMILES string of the molecule is CNC(=O)C1=C[C@H](C2CCCC2)C[C@H](OCc2ccc(CO)cc2)O1. The van der Waals surface area contributed by atoms with Gasteiger partial charge in [0.15, 0.2) is 5.76 Å². The summed E-state index contributed by atoms with van der Waals surface area (Å²) < 4.78 is 11.7. The zero-order valence-corrected chi connectivity index (χ0v) is 14.7. The predicted molar refractivity (Wildman–Crippen MR) is 94.2 cm³/mol. The summed E-state index contributed by atoms with van der Waals surface area (Å²) in [6, 6.07) is 7.66. The van der Waals surface area contributed by atoms with Crippen LogP contribution in [0.25, 0.3) is 0 Å². The smallest absolute Gasteiger partial charge is 0.285 e. The number of nitrogens with one attached hydrogen (secondary N) is 1. The van der Waals surface area contributed by atoms with Crippen LogP contribution in [0.15, 0.2) is 36.1 Å². The lowest BCUT2D eigenvalue weighted by Crippen LogP contribution is -2.33. The minimum Gasteiger partial charge on any atom is -0.459 e. The van der Waals surface area contributed by atoms with Crippen LogP contribution in [0.1, 0.15) is 43.2 Å². The van der Waals surface area contributed by atoms with Crippen LogP contribution in [-0.4, -0.2) is 24.4 Å². The van der Waals surface area contributed by atoms with E-state index in [4.69, 9.17) is 14.6 Å². The largest absolute Gasteiger partial charge is 0.459 e. The van der Waals surface area contributed by atoms with Gasteiger partial charge < -0.3 is 19.9 Å². The van der Waals surface area contributed by atoms with E-state index in [1.165, 1.54) is 25.7 Å². The second-order valence-corrected chi connectivity index (χ2v) is 6.89. The van der Waals surface area contributed by atoms with E-state index in [1.807, 2.05) is 30.3 Å². The summed E-state index contributed by atoms with van der Waals surface area (Å²) in [5, 5.41) is 11.7. The van der Waals surface area contributed by atoms with Crippen LogP contribution >= 0.6 is 0 Å². The lowest BCUT2D eigenvalue weighted by atomic mass is 9.86. The highest BCUT2D eigenvalue weighted by atomic mass is 16.7. The quantitative estimate of drug-likeness (QED) is 0.832. The van der Waals surface area contributed by atoms with Crippen LogP contribution in [-0.2, 0) is 27.5 Å². The highest BCUT2D eigenvalue weighted by Crippen LogP contribution is 2.38. The fraction of sp³-hybridized carbons (Fsp3) is 0.550. The number of allylic oxidation sites excluding steroid dienone is 1. The molecule has 0 radical (unpaired) electrons. The van der Waals surface area contributed by atoms with E-state index in [1.54, 1.807) is 7.05 Å². The molecule has 1 aromatic rings. The predicted octanol–water partition coefficient (Wildman–Crippen LogP) is 2.88. The van der Waals surface area contributed by atoms with Crippen molar-refractivity contribution in [3.05, 3.63) is 47.2 Å². The van der Waals surface area contributed by atoms with Crippen LogP contribution in [0, 0.1) is 11.8 Å². The molecule has 5 nitrogen and oxygen atoms in total. The van der Waals surface area contributed by atoms with Crippen molar-refractivity contribution in [3.63, 3.8) is 0 Å². The Morgan fingerprint density at radius 2 is 1.92 bits per heavy atom. The summed E-state index contributed by atoms with van der Waals surface area (Å²) in [5.74, 6) is 1.15. The van der Waals surface area contributed by atoms with E-state index in [0.29, 0.717) is 24.2 Å². The van der Waals surface area contributed by atoms with Crippen molar-refractivity contribution in [2.45, 2.75) is 51.6 Å². The molecule has 2 N–H and O–H groups in total. The van der Waals surface area contributed by atoms with Crippen molar-refractivity contribution >= 4 is 5.91 Å². The van der Waals surface area contributed by atoms with Crippen molar-refractivity contribution in [1.82, 2.24) is 5.32 Å². The standard InChI is InChI=1S/C20H27NO4/c1-21-20(23)18-10-17(16-4-2-3-5-16)11-19(25-18)24-13-15-8-6-14(12-22)7-9-15/h6-10,16-17,19,22H,2-5,11-13H2,1H3,(H,21,23)/t17-,19+/m0/s1. The second-order valence-electron chi connectivity index (χ2n) is 6.89. The number of aliphatic hydroxyl groups is 1. The minimum absolute atomic E-state index is 0.0379. The van der Waals surface area contributed by atoms with E-state index < -0.39 is 6.29 Å². The van der Waals surface area contributed by atoms with Crippen LogP contribution < -0.4 is 5.32 Å². The molecule has 25 heavy (non-hydrogen) atoms. The molecule has 3 rings (SSSR count). The third-order valence-corrected chi connectivity index (χ3v) is 5.19. The third-order valence-electron chi connectivity index (χ3n) is 5.19. The third kappa shape index (κ3) is 4.61. The number of aliphatic hydroxyl groups excluding tert-OH is 1. The van der Waals surface area contributed by atoms with E-state index in [2.05, 4.69) is 5.32 Å². The second kappa shape index (κ2) is 8.50. The molecule has 0 bridgehead atoms. The van der Waals surface area contributed by atoms with Gasteiger partial charge in [-0.2, -0.15) is 0 Å². The summed E-state index contributed by atoms with van der Waals surface area (Å²) in [5.41, 5.74) is 1.90. The molecule has 0 saturated heterocycles. The Labute approximate surface area is 149 Å². The van der Waals surface area contributed by atoms with E-state index >= 15 is 0 Å². The molecule has 1 fully saturated rings. The monoisotopic (exact) mass is 345 g/mol. The highest BCUT2D eigenvalue weighted by Gasteiger charge is 2.33. The van der Waals surface area contributed by atoms with Crippen molar-refractivity contribution in [2.75, 3.05) is 7.05 Å². The fourth-order valence-electron chi connectivity index (χ4n) is 3.71. The van der Waals surface area contributed by atoms with Crippen molar-refractivity contribution in [3.8, 4) is 0 Å². The van der Waals surface area contributed by atoms with Gasteiger partial charge in [0.25, 0.3) is 5.91 Å². The number of benzene rings is 1.